The molecule has 22 heavy (non-hydrogen) atoms. The van der Waals surface area contributed by atoms with Gasteiger partial charge in [-0.05, 0) is 40.2 Å². The minimum absolute atomic E-state index is 0.113. The molecule has 2 rings (SSSR count). The van der Waals surface area contributed by atoms with Gasteiger partial charge in [0.1, 0.15) is 11.8 Å². The molecule has 0 aromatic carbocycles. The molecular formula is C15H21ClN4O2. The highest BCUT2D eigenvalue weighted by molar-refractivity contribution is 6.33. The average Bonchev–Trinajstić information content (AvgIpc) is 2.78. The molecule has 1 atom stereocenters. The number of aryl methyl sites for hydroxylation is 1. The Morgan fingerprint density at radius 2 is 2.14 bits per heavy atom. The Hall–Kier alpha value is -1.82. The molecule has 2 aromatic heterocycles. The van der Waals surface area contributed by atoms with Crippen molar-refractivity contribution in [3.8, 4) is 0 Å². The van der Waals surface area contributed by atoms with Crippen molar-refractivity contribution in [2.75, 3.05) is 0 Å². The van der Waals surface area contributed by atoms with Gasteiger partial charge in [0.05, 0.1) is 5.52 Å². The van der Waals surface area contributed by atoms with Crippen LogP contribution in [-0.4, -0.2) is 42.2 Å². The van der Waals surface area contributed by atoms with Crippen LogP contribution in [0, 0.1) is 0 Å². The Labute approximate surface area is 134 Å². The number of halogens is 1. The van der Waals surface area contributed by atoms with E-state index in [0.29, 0.717) is 18.1 Å². The Balaban J connectivity index is 2.16. The van der Waals surface area contributed by atoms with E-state index < -0.39 is 11.6 Å². The van der Waals surface area contributed by atoms with Crippen molar-refractivity contribution in [3.63, 3.8) is 0 Å². The fraction of sp³-hybridized carbons (Fsp3) is 0.533. The standard InChI is InChI=1S/C15H21ClN4O2/c1-10(20(14(21)22)15(2,3)4)5-7-19-8-6-11-12(19)13(16)18-9-17-11/h6,8-10H,5,7H2,1-4H3,(H,21,22). The van der Waals surface area contributed by atoms with E-state index in [1.165, 1.54) is 11.2 Å². The van der Waals surface area contributed by atoms with Crippen LogP contribution in [0.15, 0.2) is 18.6 Å². The molecule has 0 spiro atoms. The normalized spacial score (nSPS) is 13.3. The summed E-state index contributed by atoms with van der Waals surface area (Å²) < 4.78 is 1.97. The molecule has 0 saturated carbocycles. The van der Waals surface area contributed by atoms with Crippen LogP contribution in [-0.2, 0) is 6.54 Å². The monoisotopic (exact) mass is 324 g/mol. The number of aromatic nitrogens is 3. The van der Waals surface area contributed by atoms with Gasteiger partial charge in [0.25, 0.3) is 0 Å². The van der Waals surface area contributed by atoms with Crippen molar-refractivity contribution in [1.82, 2.24) is 19.4 Å². The summed E-state index contributed by atoms with van der Waals surface area (Å²) in [5, 5.41) is 9.84. The third-order valence-electron chi connectivity index (χ3n) is 3.66. The number of carbonyl (C=O) groups is 1. The Kier molecular flexibility index (Phi) is 4.60. The molecule has 2 aromatic rings. The molecule has 7 heteroatoms. The lowest BCUT2D eigenvalue weighted by Crippen LogP contribution is -2.50. The van der Waals surface area contributed by atoms with Crippen molar-refractivity contribution < 1.29 is 9.90 Å². The van der Waals surface area contributed by atoms with E-state index in [9.17, 15) is 9.90 Å². The minimum atomic E-state index is -0.904. The number of nitrogens with zero attached hydrogens (tertiary/aromatic N) is 4. The number of hydrogen-bond acceptors (Lipinski definition) is 3. The zero-order valence-electron chi connectivity index (χ0n) is 13.2. The van der Waals surface area contributed by atoms with Crippen molar-refractivity contribution in [1.29, 1.82) is 0 Å². The van der Waals surface area contributed by atoms with E-state index in [0.717, 1.165) is 11.0 Å². The molecule has 6 nitrogen and oxygen atoms in total. The van der Waals surface area contributed by atoms with Crippen LogP contribution in [0.3, 0.4) is 0 Å². The van der Waals surface area contributed by atoms with E-state index in [2.05, 4.69) is 9.97 Å². The molecule has 0 radical (unpaired) electrons. The van der Waals surface area contributed by atoms with Crippen LogP contribution in [0.4, 0.5) is 4.79 Å². The lowest BCUT2D eigenvalue weighted by atomic mass is 10.0. The van der Waals surface area contributed by atoms with Crippen molar-refractivity contribution in [2.45, 2.75) is 52.2 Å². The Morgan fingerprint density at radius 3 is 2.73 bits per heavy atom. The maximum atomic E-state index is 11.5. The van der Waals surface area contributed by atoms with Crippen molar-refractivity contribution in [3.05, 3.63) is 23.7 Å². The summed E-state index contributed by atoms with van der Waals surface area (Å²) in [7, 11) is 0. The largest absolute Gasteiger partial charge is 0.465 e. The van der Waals surface area contributed by atoms with Gasteiger partial charge in [-0.25, -0.2) is 14.8 Å². The van der Waals surface area contributed by atoms with Crippen LogP contribution in [0.1, 0.15) is 34.1 Å². The van der Waals surface area contributed by atoms with E-state index in [1.54, 1.807) is 0 Å². The van der Waals surface area contributed by atoms with Crippen molar-refractivity contribution in [2.24, 2.45) is 0 Å². The fourth-order valence-corrected chi connectivity index (χ4v) is 3.02. The topological polar surface area (TPSA) is 71.2 Å². The van der Waals surface area contributed by atoms with Gasteiger partial charge in [-0.15, -0.1) is 0 Å². The van der Waals surface area contributed by atoms with E-state index in [1.807, 2.05) is 44.5 Å². The highest BCUT2D eigenvalue weighted by Gasteiger charge is 2.30. The third kappa shape index (κ3) is 3.32. The van der Waals surface area contributed by atoms with Crippen molar-refractivity contribution >= 4 is 28.7 Å². The summed E-state index contributed by atoms with van der Waals surface area (Å²) in [6, 6.07) is 1.77. The molecule has 0 aliphatic heterocycles. The second-order valence-corrected chi connectivity index (χ2v) is 6.73. The van der Waals surface area contributed by atoms with Gasteiger partial charge < -0.3 is 14.6 Å². The molecule has 0 aliphatic rings. The van der Waals surface area contributed by atoms with Gasteiger partial charge in [-0.3, -0.25) is 0 Å². The predicted octanol–water partition coefficient (Wildman–Crippen LogP) is 3.64. The van der Waals surface area contributed by atoms with Crippen LogP contribution in [0.5, 0.6) is 0 Å². The third-order valence-corrected chi connectivity index (χ3v) is 3.94. The van der Waals surface area contributed by atoms with E-state index in [4.69, 9.17) is 11.6 Å². The van der Waals surface area contributed by atoms with Gasteiger partial charge in [0.2, 0.25) is 0 Å². The number of carboxylic acid groups (broad SMARTS) is 1. The van der Waals surface area contributed by atoms with Gasteiger partial charge in [-0.1, -0.05) is 11.6 Å². The first-order valence-corrected chi connectivity index (χ1v) is 7.57. The molecular weight excluding hydrogens is 304 g/mol. The summed E-state index contributed by atoms with van der Waals surface area (Å²) in [5.41, 5.74) is 1.14. The summed E-state index contributed by atoms with van der Waals surface area (Å²) >= 11 is 6.13. The second-order valence-electron chi connectivity index (χ2n) is 6.37. The maximum absolute atomic E-state index is 11.5. The van der Waals surface area contributed by atoms with E-state index in [-0.39, 0.29) is 6.04 Å². The zero-order valence-corrected chi connectivity index (χ0v) is 14.0. The average molecular weight is 325 g/mol. The van der Waals surface area contributed by atoms with Crippen LogP contribution in [0.2, 0.25) is 5.15 Å². The Morgan fingerprint density at radius 1 is 1.45 bits per heavy atom. The predicted molar refractivity (Wildman–Crippen MR) is 86.2 cm³/mol. The zero-order chi connectivity index (χ0) is 16.5. The summed E-state index contributed by atoms with van der Waals surface area (Å²) in [4.78, 5) is 21.1. The number of fused-ring (bicyclic) bond motifs is 1. The second kappa shape index (κ2) is 6.12. The smallest absolute Gasteiger partial charge is 0.407 e. The Bertz CT molecular complexity index is 678. The lowest BCUT2D eigenvalue weighted by molar-refractivity contribution is 0.0716. The molecule has 1 amide bonds. The highest BCUT2D eigenvalue weighted by Crippen LogP contribution is 2.23. The first kappa shape index (κ1) is 16.5. The number of rotatable bonds is 4. The molecule has 0 aliphatic carbocycles. The molecule has 0 saturated heterocycles. The molecule has 120 valence electrons. The van der Waals surface area contributed by atoms with Gasteiger partial charge in [0.15, 0.2) is 5.15 Å². The quantitative estimate of drug-likeness (QED) is 0.871. The number of amides is 1. The van der Waals surface area contributed by atoms with Crippen LogP contribution in [0.25, 0.3) is 11.0 Å². The minimum Gasteiger partial charge on any atom is -0.465 e. The van der Waals surface area contributed by atoms with Gasteiger partial charge in [-0.2, -0.15) is 0 Å². The molecule has 0 bridgehead atoms. The summed E-state index contributed by atoms with van der Waals surface area (Å²) in [6.07, 6.45) is 3.11. The van der Waals surface area contributed by atoms with Gasteiger partial charge >= 0.3 is 6.09 Å². The van der Waals surface area contributed by atoms with Gasteiger partial charge in [0, 0.05) is 24.3 Å². The summed E-state index contributed by atoms with van der Waals surface area (Å²) in [5.74, 6) is 0. The first-order valence-electron chi connectivity index (χ1n) is 7.19. The first-order chi connectivity index (χ1) is 10.2. The number of hydrogen-bond donors (Lipinski definition) is 1. The summed E-state index contributed by atoms with van der Waals surface area (Å²) in [6.45, 7) is 8.26. The molecule has 2 heterocycles. The van der Waals surface area contributed by atoms with Crippen LogP contribution >= 0.6 is 11.6 Å². The molecule has 0 fully saturated rings. The fourth-order valence-electron chi connectivity index (χ4n) is 2.77. The molecule has 1 N–H and O–H groups in total. The molecule has 1 unspecified atom stereocenters. The van der Waals surface area contributed by atoms with Crippen LogP contribution < -0.4 is 0 Å². The SMILES string of the molecule is CC(CCn1ccc2ncnc(Cl)c21)N(C(=O)O)C(C)(C)C. The lowest BCUT2D eigenvalue weighted by Gasteiger charge is -2.38. The van der Waals surface area contributed by atoms with E-state index >= 15 is 0 Å². The highest BCUT2D eigenvalue weighted by atomic mass is 35.5. The maximum Gasteiger partial charge on any atom is 0.407 e.